The minimum Gasteiger partial charge on any atom is -0.352 e. The van der Waals surface area contributed by atoms with Crippen LogP contribution >= 0.6 is 11.8 Å². The average Bonchev–Trinajstić information content (AvgIpc) is 2.49. The van der Waals surface area contributed by atoms with Gasteiger partial charge in [-0.3, -0.25) is 14.9 Å². The Morgan fingerprint density at radius 2 is 1.59 bits per heavy atom. The Kier molecular flexibility index (Phi) is 4.15. The summed E-state index contributed by atoms with van der Waals surface area (Å²) in [4.78, 5) is 27.2. The number of carbonyl (C=O) groups excluding carboxylic acids is 2. The van der Waals surface area contributed by atoms with E-state index in [9.17, 15) is 9.59 Å². The fourth-order valence-corrected chi connectivity index (χ4v) is 3.32. The molecule has 0 unspecified atom stereocenters. The maximum atomic E-state index is 11.6. The van der Waals surface area contributed by atoms with E-state index in [1.807, 2.05) is 29.2 Å². The molecule has 3 rings (SSSR count). The molecule has 0 aromatic heterocycles. The average molecular weight is 312 g/mol. The Balaban J connectivity index is 1.87. The molecule has 0 radical (unpaired) electrons. The maximum absolute atomic E-state index is 11.6. The van der Waals surface area contributed by atoms with Crippen molar-refractivity contribution in [1.82, 2.24) is 5.32 Å². The van der Waals surface area contributed by atoms with Crippen molar-refractivity contribution in [2.45, 2.75) is 16.7 Å². The van der Waals surface area contributed by atoms with E-state index in [4.69, 9.17) is 0 Å². The molecule has 2 aromatic carbocycles. The summed E-state index contributed by atoms with van der Waals surface area (Å²) in [5.74, 6) is -0.516. The van der Waals surface area contributed by atoms with Gasteiger partial charge in [0.2, 0.25) is 11.8 Å². The summed E-state index contributed by atoms with van der Waals surface area (Å²) >= 11 is 1.63. The molecule has 5 heteroatoms. The molecule has 1 N–H and O–H groups in total. The van der Waals surface area contributed by atoms with Crippen LogP contribution < -0.4 is 10.2 Å². The highest BCUT2D eigenvalue weighted by atomic mass is 32.2. The smallest absolute Gasteiger partial charge is 0.246 e. The monoisotopic (exact) mass is 312 g/mol. The van der Waals surface area contributed by atoms with Crippen LogP contribution in [0.15, 0.2) is 58.3 Å². The number of imide groups is 1. The number of amides is 2. The molecule has 1 aliphatic rings. The zero-order valence-electron chi connectivity index (χ0n) is 12.2. The van der Waals surface area contributed by atoms with E-state index < -0.39 is 0 Å². The minimum atomic E-state index is -0.258. The normalized spacial score (nSPS) is 14.9. The van der Waals surface area contributed by atoms with Gasteiger partial charge < -0.3 is 4.90 Å². The zero-order chi connectivity index (χ0) is 15.5. The first kappa shape index (κ1) is 14.7. The number of para-hydroxylation sites is 1. The van der Waals surface area contributed by atoms with Crippen molar-refractivity contribution in [3.8, 4) is 0 Å². The third-order valence-electron chi connectivity index (χ3n) is 3.40. The molecule has 0 atom stereocenters. The molecular formula is C17H16N2O2S. The summed E-state index contributed by atoms with van der Waals surface area (Å²) < 4.78 is 0. The predicted octanol–water partition coefficient (Wildman–Crippen LogP) is 2.61. The second-order valence-corrected chi connectivity index (χ2v) is 6.33. The largest absolute Gasteiger partial charge is 0.352 e. The molecule has 0 aliphatic carbocycles. The lowest BCUT2D eigenvalue weighted by Crippen LogP contribution is -2.51. The summed E-state index contributed by atoms with van der Waals surface area (Å²) in [5.41, 5.74) is 2.13. The van der Waals surface area contributed by atoms with Crippen molar-refractivity contribution >= 4 is 29.3 Å². The summed E-state index contributed by atoms with van der Waals surface area (Å²) in [6.45, 7) is 2.47. The number of nitrogens with one attached hydrogen (secondary N) is 1. The molecule has 22 heavy (non-hydrogen) atoms. The number of nitrogens with zero attached hydrogens (tertiary/aromatic N) is 1. The van der Waals surface area contributed by atoms with Crippen molar-refractivity contribution in [2.75, 3.05) is 18.0 Å². The van der Waals surface area contributed by atoms with Crippen molar-refractivity contribution in [3.63, 3.8) is 0 Å². The highest BCUT2D eigenvalue weighted by Gasteiger charge is 2.24. The Bertz CT molecular complexity index is 697. The molecule has 4 nitrogen and oxygen atoms in total. The number of benzene rings is 2. The van der Waals surface area contributed by atoms with E-state index in [-0.39, 0.29) is 24.9 Å². The van der Waals surface area contributed by atoms with Gasteiger partial charge in [0.05, 0.1) is 18.8 Å². The third-order valence-corrected chi connectivity index (χ3v) is 4.48. The topological polar surface area (TPSA) is 49.4 Å². The van der Waals surface area contributed by atoms with E-state index in [1.54, 1.807) is 11.8 Å². The standard InChI is InChI=1S/C17H16N2O2S/c1-12-6-8-13(9-7-12)22-15-5-3-2-4-14(15)19-10-16(20)18-17(21)11-19/h2-9H,10-11H2,1H3,(H,18,20,21). The SMILES string of the molecule is Cc1ccc(Sc2ccccc2N2CC(=O)NC(=O)C2)cc1. The fourth-order valence-electron chi connectivity index (χ4n) is 2.35. The van der Waals surface area contributed by atoms with Crippen LogP contribution in [-0.2, 0) is 9.59 Å². The Morgan fingerprint density at radius 3 is 2.27 bits per heavy atom. The van der Waals surface area contributed by atoms with Crippen molar-refractivity contribution in [1.29, 1.82) is 0 Å². The molecule has 1 heterocycles. The van der Waals surface area contributed by atoms with Gasteiger partial charge in [-0.05, 0) is 31.2 Å². The summed E-state index contributed by atoms with van der Waals surface area (Å²) in [7, 11) is 0. The van der Waals surface area contributed by atoms with E-state index in [0.29, 0.717) is 0 Å². The third kappa shape index (κ3) is 3.31. The first-order chi connectivity index (χ1) is 10.6. The van der Waals surface area contributed by atoms with Crippen LogP contribution in [0.1, 0.15) is 5.56 Å². The van der Waals surface area contributed by atoms with Gasteiger partial charge in [0.1, 0.15) is 0 Å². The molecule has 1 aliphatic heterocycles. The molecule has 0 spiro atoms. The molecule has 112 valence electrons. The fraction of sp³-hybridized carbons (Fsp3) is 0.176. The molecule has 1 fully saturated rings. The summed E-state index contributed by atoms with van der Waals surface area (Å²) in [6.07, 6.45) is 0. The lowest BCUT2D eigenvalue weighted by atomic mass is 10.2. The number of hydrogen-bond acceptors (Lipinski definition) is 4. The van der Waals surface area contributed by atoms with Gasteiger partial charge in [-0.15, -0.1) is 0 Å². The van der Waals surface area contributed by atoms with Crippen LogP contribution in [0, 0.1) is 6.92 Å². The number of carbonyl (C=O) groups is 2. The van der Waals surface area contributed by atoms with Gasteiger partial charge in [0.15, 0.2) is 0 Å². The van der Waals surface area contributed by atoms with Gasteiger partial charge in [-0.2, -0.15) is 0 Å². The number of anilines is 1. The Morgan fingerprint density at radius 1 is 0.955 bits per heavy atom. The first-order valence-electron chi connectivity index (χ1n) is 7.03. The number of hydrogen-bond donors (Lipinski definition) is 1. The Hall–Kier alpha value is -2.27. The lowest BCUT2D eigenvalue weighted by molar-refractivity contribution is -0.130. The molecule has 0 bridgehead atoms. The van der Waals surface area contributed by atoms with Gasteiger partial charge >= 0.3 is 0 Å². The van der Waals surface area contributed by atoms with Gasteiger partial charge in [0, 0.05) is 9.79 Å². The highest BCUT2D eigenvalue weighted by Crippen LogP contribution is 2.35. The van der Waals surface area contributed by atoms with Crippen LogP contribution in [0.5, 0.6) is 0 Å². The van der Waals surface area contributed by atoms with E-state index >= 15 is 0 Å². The van der Waals surface area contributed by atoms with Crippen LogP contribution in [0.3, 0.4) is 0 Å². The maximum Gasteiger partial charge on any atom is 0.246 e. The van der Waals surface area contributed by atoms with Crippen molar-refractivity contribution < 1.29 is 9.59 Å². The van der Waals surface area contributed by atoms with E-state index in [1.165, 1.54) is 5.56 Å². The van der Waals surface area contributed by atoms with E-state index in [2.05, 4.69) is 36.5 Å². The summed E-state index contributed by atoms with van der Waals surface area (Å²) in [5, 5.41) is 2.33. The Labute approximate surface area is 133 Å². The second-order valence-electron chi connectivity index (χ2n) is 5.21. The number of aryl methyl sites for hydroxylation is 1. The molecular weight excluding hydrogens is 296 g/mol. The number of rotatable bonds is 3. The van der Waals surface area contributed by atoms with Gasteiger partial charge in [-0.25, -0.2) is 0 Å². The van der Waals surface area contributed by atoms with Gasteiger partial charge in [-0.1, -0.05) is 41.6 Å². The van der Waals surface area contributed by atoms with Crippen molar-refractivity contribution in [2.24, 2.45) is 0 Å². The second kappa shape index (κ2) is 6.23. The highest BCUT2D eigenvalue weighted by molar-refractivity contribution is 7.99. The van der Waals surface area contributed by atoms with Crippen molar-refractivity contribution in [3.05, 3.63) is 54.1 Å². The first-order valence-corrected chi connectivity index (χ1v) is 7.84. The molecule has 1 saturated heterocycles. The van der Waals surface area contributed by atoms with Crippen LogP contribution in [0.4, 0.5) is 5.69 Å². The van der Waals surface area contributed by atoms with Crippen LogP contribution in [0.2, 0.25) is 0 Å². The van der Waals surface area contributed by atoms with Crippen LogP contribution in [-0.4, -0.2) is 24.9 Å². The predicted molar refractivity (Wildman–Crippen MR) is 87.1 cm³/mol. The lowest BCUT2D eigenvalue weighted by Gasteiger charge is -2.29. The molecule has 2 aromatic rings. The molecule has 2 amide bonds. The van der Waals surface area contributed by atoms with E-state index in [0.717, 1.165) is 15.5 Å². The quantitative estimate of drug-likeness (QED) is 0.885. The number of piperazine rings is 1. The summed E-state index contributed by atoms with van der Waals surface area (Å²) in [6, 6.07) is 16.1. The van der Waals surface area contributed by atoms with Gasteiger partial charge in [0.25, 0.3) is 0 Å². The molecule has 0 saturated carbocycles. The zero-order valence-corrected chi connectivity index (χ0v) is 13.0. The minimum absolute atomic E-state index is 0.206. The van der Waals surface area contributed by atoms with Crippen LogP contribution in [0.25, 0.3) is 0 Å².